The first-order valence-electron chi connectivity index (χ1n) is 8.37. The van der Waals surface area contributed by atoms with Crippen LogP contribution in [0.5, 0.6) is 0 Å². The summed E-state index contributed by atoms with van der Waals surface area (Å²) < 4.78 is 26.5. The van der Waals surface area contributed by atoms with Crippen LogP contribution in [-0.4, -0.2) is 35.9 Å². The lowest BCUT2D eigenvalue weighted by Crippen LogP contribution is -2.50. The molecular formula is C16H28F2N2O. The molecular weight excluding hydrogens is 274 g/mol. The molecule has 0 radical (unpaired) electrons. The highest BCUT2D eigenvalue weighted by Crippen LogP contribution is 2.38. The molecule has 0 saturated heterocycles. The number of nitrogens with two attached hydrogens (primary N) is 1. The summed E-state index contributed by atoms with van der Waals surface area (Å²) in [7, 11) is 0. The molecule has 0 bridgehead atoms. The molecule has 0 aromatic heterocycles. The molecule has 5 heteroatoms. The van der Waals surface area contributed by atoms with Crippen LogP contribution in [0, 0.1) is 11.8 Å². The van der Waals surface area contributed by atoms with Gasteiger partial charge < -0.3 is 10.6 Å². The van der Waals surface area contributed by atoms with E-state index in [2.05, 4.69) is 0 Å². The normalized spacial score (nSPS) is 30.1. The van der Waals surface area contributed by atoms with E-state index in [1.54, 1.807) is 0 Å². The maximum atomic E-state index is 13.3. The zero-order valence-corrected chi connectivity index (χ0v) is 13.0. The standard InChI is InChI=1S/C16H28F2N2O/c1-2-20(14-6-4-3-5-13(14)11-19)15(21)12-7-9-16(17,18)10-8-12/h12-14H,2-11,19H2,1H3. The largest absolute Gasteiger partial charge is 0.339 e. The summed E-state index contributed by atoms with van der Waals surface area (Å²) in [4.78, 5) is 14.7. The second-order valence-electron chi connectivity index (χ2n) is 6.60. The highest BCUT2D eigenvalue weighted by molar-refractivity contribution is 5.79. The molecule has 2 atom stereocenters. The summed E-state index contributed by atoms with van der Waals surface area (Å²) in [6, 6.07) is 0.212. The van der Waals surface area contributed by atoms with Crippen molar-refractivity contribution in [3.8, 4) is 0 Å². The van der Waals surface area contributed by atoms with Crippen LogP contribution in [0.2, 0.25) is 0 Å². The quantitative estimate of drug-likeness (QED) is 0.867. The topological polar surface area (TPSA) is 46.3 Å². The van der Waals surface area contributed by atoms with Gasteiger partial charge in [-0.25, -0.2) is 8.78 Å². The molecule has 1 amide bonds. The van der Waals surface area contributed by atoms with Gasteiger partial charge in [-0.05, 0) is 45.1 Å². The van der Waals surface area contributed by atoms with Gasteiger partial charge in [-0.1, -0.05) is 12.8 Å². The highest BCUT2D eigenvalue weighted by atomic mass is 19.3. The molecule has 0 heterocycles. The van der Waals surface area contributed by atoms with Crippen LogP contribution >= 0.6 is 0 Å². The molecule has 0 aliphatic heterocycles. The summed E-state index contributed by atoms with van der Waals surface area (Å²) in [6.07, 6.45) is 4.74. The van der Waals surface area contributed by atoms with Gasteiger partial charge in [-0.15, -0.1) is 0 Å². The van der Waals surface area contributed by atoms with Gasteiger partial charge in [-0.2, -0.15) is 0 Å². The van der Waals surface area contributed by atoms with E-state index in [1.165, 1.54) is 6.42 Å². The molecule has 0 spiro atoms. The molecule has 122 valence electrons. The van der Waals surface area contributed by atoms with Gasteiger partial charge in [0.25, 0.3) is 0 Å². The van der Waals surface area contributed by atoms with Crippen molar-refractivity contribution in [1.29, 1.82) is 0 Å². The number of alkyl halides is 2. The molecule has 3 nitrogen and oxygen atoms in total. The van der Waals surface area contributed by atoms with E-state index in [-0.39, 0.29) is 30.7 Å². The van der Waals surface area contributed by atoms with Crippen LogP contribution in [0.3, 0.4) is 0 Å². The summed E-state index contributed by atoms with van der Waals surface area (Å²) in [5, 5.41) is 0. The molecule has 2 aliphatic carbocycles. The molecule has 21 heavy (non-hydrogen) atoms. The number of amides is 1. The third-order valence-corrected chi connectivity index (χ3v) is 5.26. The number of nitrogens with zero attached hydrogens (tertiary/aromatic N) is 1. The molecule has 0 aromatic rings. The van der Waals surface area contributed by atoms with E-state index in [1.807, 2.05) is 11.8 Å². The van der Waals surface area contributed by atoms with Gasteiger partial charge in [0, 0.05) is 31.3 Å². The first-order valence-corrected chi connectivity index (χ1v) is 8.37. The Hall–Kier alpha value is -0.710. The van der Waals surface area contributed by atoms with Crippen molar-refractivity contribution >= 4 is 5.91 Å². The summed E-state index contributed by atoms with van der Waals surface area (Å²) in [5.41, 5.74) is 5.86. The van der Waals surface area contributed by atoms with E-state index in [0.29, 0.717) is 31.8 Å². The number of hydrogen-bond donors (Lipinski definition) is 1. The van der Waals surface area contributed by atoms with Crippen molar-refractivity contribution in [3.05, 3.63) is 0 Å². The van der Waals surface area contributed by atoms with E-state index < -0.39 is 5.92 Å². The highest BCUT2D eigenvalue weighted by Gasteiger charge is 2.40. The molecule has 2 N–H and O–H groups in total. The minimum absolute atomic E-state index is 0.0818. The van der Waals surface area contributed by atoms with Gasteiger partial charge >= 0.3 is 0 Å². The number of hydrogen-bond acceptors (Lipinski definition) is 2. The van der Waals surface area contributed by atoms with Crippen LogP contribution in [0.1, 0.15) is 58.3 Å². The van der Waals surface area contributed by atoms with Crippen LogP contribution in [0.4, 0.5) is 8.78 Å². The van der Waals surface area contributed by atoms with Crippen molar-refractivity contribution in [2.45, 2.75) is 70.3 Å². The van der Waals surface area contributed by atoms with Crippen molar-refractivity contribution in [1.82, 2.24) is 4.90 Å². The maximum absolute atomic E-state index is 13.3. The fraction of sp³-hybridized carbons (Fsp3) is 0.938. The van der Waals surface area contributed by atoms with Crippen molar-refractivity contribution in [2.75, 3.05) is 13.1 Å². The number of carbonyl (C=O) groups excluding carboxylic acids is 1. The Kier molecular flexibility index (Phi) is 5.58. The molecule has 2 fully saturated rings. The number of carbonyl (C=O) groups is 1. The SMILES string of the molecule is CCN(C(=O)C1CCC(F)(F)CC1)C1CCCCC1CN. The lowest BCUT2D eigenvalue weighted by molar-refractivity contribution is -0.143. The van der Waals surface area contributed by atoms with Gasteiger partial charge in [-0.3, -0.25) is 4.79 Å². The van der Waals surface area contributed by atoms with Crippen molar-refractivity contribution < 1.29 is 13.6 Å². The Morgan fingerprint density at radius 3 is 2.38 bits per heavy atom. The number of halogens is 2. The Balaban J connectivity index is 2.01. The fourth-order valence-electron chi connectivity index (χ4n) is 3.95. The molecule has 2 rings (SSSR count). The second-order valence-corrected chi connectivity index (χ2v) is 6.60. The predicted octanol–water partition coefficient (Wildman–Crippen LogP) is 3.18. The minimum atomic E-state index is -2.57. The van der Waals surface area contributed by atoms with E-state index in [0.717, 1.165) is 19.3 Å². The van der Waals surface area contributed by atoms with Crippen molar-refractivity contribution in [3.63, 3.8) is 0 Å². The fourth-order valence-corrected chi connectivity index (χ4v) is 3.95. The number of rotatable bonds is 4. The first kappa shape index (κ1) is 16.7. The average molecular weight is 302 g/mol. The van der Waals surface area contributed by atoms with Gasteiger partial charge in [0.05, 0.1) is 0 Å². The third kappa shape index (κ3) is 3.93. The minimum Gasteiger partial charge on any atom is -0.339 e. The monoisotopic (exact) mass is 302 g/mol. The summed E-state index contributed by atoms with van der Waals surface area (Å²) in [6.45, 7) is 3.25. The van der Waals surface area contributed by atoms with Gasteiger partial charge in [0.2, 0.25) is 11.8 Å². The van der Waals surface area contributed by atoms with E-state index in [4.69, 9.17) is 5.73 Å². The van der Waals surface area contributed by atoms with Crippen molar-refractivity contribution in [2.24, 2.45) is 17.6 Å². The first-order chi connectivity index (χ1) is 9.98. The Labute approximate surface area is 126 Å². The Morgan fingerprint density at radius 2 is 1.81 bits per heavy atom. The van der Waals surface area contributed by atoms with Crippen LogP contribution in [-0.2, 0) is 4.79 Å². The maximum Gasteiger partial charge on any atom is 0.248 e. The zero-order valence-electron chi connectivity index (χ0n) is 13.0. The van der Waals surface area contributed by atoms with Crippen LogP contribution < -0.4 is 5.73 Å². The molecule has 2 unspecified atom stereocenters. The lowest BCUT2D eigenvalue weighted by Gasteiger charge is -2.41. The molecule has 0 aromatic carbocycles. The van der Waals surface area contributed by atoms with Gasteiger partial charge in [0.1, 0.15) is 0 Å². The lowest BCUT2D eigenvalue weighted by atomic mass is 9.81. The third-order valence-electron chi connectivity index (χ3n) is 5.26. The smallest absolute Gasteiger partial charge is 0.248 e. The average Bonchev–Trinajstić information content (AvgIpc) is 2.48. The molecule has 2 saturated carbocycles. The summed E-state index contributed by atoms with van der Waals surface area (Å²) in [5.74, 6) is -2.34. The van der Waals surface area contributed by atoms with Crippen LogP contribution in [0.15, 0.2) is 0 Å². The molecule has 2 aliphatic rings. The van der Waals surface area contributed by atoms with E-state index >= 15 is 0 Å². The second kappa shape index (κ2) is 7.03. The van der Waals surface area contributed by atoms with Crippen LogP contribution in [0.25, 0.3) is 0 Å². The predicted molar refractivity (Wildman–Crippen MR) is 79.1 cm³/mol. The summed E-state index contributed by atoms with van der Waals surface area (Å²) >= 11 is 0. The zero-order chi connectivity index (χ0) is 15.5. The van der Waals surface area contributed by atoms with Gasteiger partial charge in [0.15, 0.2) is 0 Å². The van der Waals surface area contributed by atoms with E-state index in [9.17, 15) is 13.6 Å². The Bertz CT molecular complexity index is 352. The Morgan fingerprint density at radius 1 is 1.19 bits per heavy atom.